The third kappa shape index (κ3) is 1.62. The lowest BCUT2D eigenvalue weighted by molar-refractivity contribution is 0.562. The lowest BCUT2D eigenvalue weighted by Crippen LogP contribution is -2.33. The molecule has 3 aliphatic carbocycles. The van der Waals surface area contributed by atoms with Gasteiger partial charge in [-0.3, -0.25) is 0 Å². The van der Waals surface area contributed by atoms with Gasteiger partial charge in [0.2, 0.25) is 0 Å². The quantitative estimate of drug-likeness (QED) is 0.688. The Morgan fingerprint density at radius 1 is 0.905 bits per heavy atom. The molecule has 2 unspecified atom stereocenters. The van der Waals surface area contributed by atoms with Gasteiger partial charge in [0, 0.05) is 12.3 Å². The van der Waals surface area contributed by atoms with E-state index in [0.717, 1.165) is 0 Å². The van der Waals surface area contributed by atoms with Crippen LogP contribution in [-0.4, -0.2) is 0 Å². The van der Waals surface area contributed by atoms with Gasteiger partial charge < -0.3 is 0 Å². The van der Waals surface area contributed by atoms with Crippen LogP contribution in [0.4, 0.5) is 0 Å². The molecular formula is C21H17. The van der Waals surface area contributed by atoms with Gasteiger partial charge in [0.05, 0.1) is 0 Å². The van der Waals surface area contributed by atoms with Crippen molar-refractivity contribution in [1.82, 2.24) is 0 Å². The Morgan fingerprint density at radius 3 is 2.76 bits per heavy atom. The largest absolute Gasteiger partial charge is 0.0760 e. The second-order valence-electron chi connectivity index (χ2n) is 6.39. The van der Waals surface area contributed by atoms with Gasteiger partial charge in [-0.25, -0.2) is 0 Å². The molecule has 0 N–H and O–H groups in total. The summed E-state index contributed by atoms with van der Waals surface area (Å²) in [5.74, 6) is 1.31. The van der Waals surface area contributed by atoms with Crippen LogP contribution in [0, 0.1) is 12.3 Å². The van der Waals surface area contributed by atoms with Crippen LogP contribution in [-0.2, 0) is 0 Å². The average Bonchev–Trinajstić information content (AvgIpc) is 2.90. The second-order valence-corrected chi connectivity index (χ2v) is 6.39. The van der Waals surface area contributed by atoms with Crippen molar-refractivity contribution in [3.8, 4) is 0 Å². The number of hydrogen-bond acceptors (Lipinski definition) is 0. The van der Waals surface area contributed by atoms with Gasteiger partial charge in [-0.1, -0.05) is 66.3 Å². The molecule has 0 amide bonds. The van der Waals surface area contributed by atoms with E-state index in [1.54, 1.807) is 5.57 Å². The Bertz CT molecular complexity index is 882. The highest BCUT2D eigenvalue weighted by Gasteiger charge is 2.34. The van der Waals surface area contributed by atoms with Crippen molar-refractivity contribution in [1.29, 1.82) is 0 Å². The highest BCUT2D eigenvalue weighted by molar-refractivity contribution is 5.71. The van der Waals surface area contributed by atoms with Gasteiger partial charge >= 0.3 is 0 Å². The van der Waals surface area contributed by atoms with Crippen molar-refractivity contribution in [2.24, 2.45) is 5.92 Å². The van der Waals surface area contributed by atoms with E-state index in [1.165, 1.54) is 40.0 Å². The SMILES string of the molecule is [CH]1C2=CC3=c4ccccc4=CCC3CC2c2ccccc21. The van der Waals surface area contributed by atoms with Crippen molar-refractivity contribution in [3.63, 3.8) is 0 Å². The number of fused-ring (bicyclic) bond motifs is 5. The van der Waals surface area contributed by atoms with Crippen molar-refractivity contribution in [3.05, 3.63) is 88.2 Å². The molecular weight excluding hydrogens is 252 g/mol. The number of allylic oxidation sites excluding steroid dienone is 2. The molecule has 0 heterocycles. The summed E-state index contributed by atoms with van der Waals surface area (Å²) in [6.45, 7) is 0. The Labute approximate surface area is 125 Å². The molecule has 0 saturated heterocycles. The summed E-state index contributed by atoms with van der Waals surface area (Å²) >= 11 is 0. The first-order chi connectivity index (χ1) is 10.4. The molecule has 0 nitrogen and oxygen atoms in total. The molecule has 0 aliphatic heterocycles. The van der Waals surface area contributed by atoms with Gasteiger partial charge in [0.1, 0.15) is 0 Å². The van der Waals surface area contributed by atoms with E-state index in [0.29, 0.717) is 11.8 Å². The first-order valence-corrected chi connectivity index (χ1v) is 7.85. The fourth-order valence-corrected chi connectivity index (χ4v) is 4.26. The fourth-order valence-electron chi connectivity index (χ4n) is 4.26. The first kappa shape index (κ1) is 11.6. The molecule has 0 heteroatoms. The normalized spacial score (nSPS) is 25.1. The maximum absolute atomic E-state index is 2.48. The Morgan fingerprint density at radius 2 is 1.76 bits per heavy atom. The van der Waals surface area contributed by atoms with E-state index in [-0.39, 0.29) is 0 Å². The second kappa shape index (κ2) is 4.21. The molecule has 0 fully saturated rings. The summed E-state index contributed by atoms with van der Waals surface area (Å²) < 4.78 is 0. The predicted molar refractivity (Wildman–Crippen MR) is 87.0 cm³/mol. The van der Waals surface area contributed by atoms with Gasteiger partial charge in [-0.05, 0) is 45.9 Å². The van der Waals surface area contributed by atoms with Crippen molar-refractivity contribution >= 4 is 11.6 Å². The summed E-state index contributed by atoms with van der Waals surface area (Å²) in [5.41, 5.74) is 6.02. The van der Waals surface area contributed by atoms with Crippen LogP contribution < -0.4 is 10.4 Å². The zero-order valence-corrected chi connectivity index (χ0v) is 11.9. The van der Waals surface area contributed by atoms with Crippen LogP contribution in [0.3, 0.4) is 0 Å². The Balaban J connectivity index is 1.74. The number of rotatable bonds is 0. The monoisotopic (exact) mass is 269 g/mol. The fraction of sp³-hybridized carbons (Fsp3) is 0.190. The molecule has 0 aromatic heterocycles. The molecule has 1 radical (unpaired) electrons. The maximum atomic E-state index is 2.48. The molecule has 2 aromatic rings. The van der Waals surface area contributed by atoms with Crippen LogP contribution in [0.25, 0.3) is 11.6 Å². The predicted octanol–water partition coefficient (Wildman–Crippen LogP) is 3.32. The molecule has 3 aliphatic rings. The van der Waals surface area contributed by atoms with E-state index in [1.807, 2.05) is 0 Å². The maximum Gasteiger partial charge on any atom is 0.0167 e. The number of benzene rings is 2. The highest BCUT2D eigenvalue weighted by atomic mass is 14.4. The minimum absolute atomic E-state index is 0.619. The van der Waals surface area contributed by atoms with Gasteiger partial charge in [-0.15, -0.1) is 0 Å². The molecule has 2 atom stereocenters. The minimum atomic E-state index is 0.619. The molecule has 21 heavy (non-hydrogen) atoms. The van der Waals surface area contributed by atoms with Crippen molar-refractivity contribution in [2.75, 3.05) is 0 Å². The summed E-state index contributed by atoms with van der Waals surface area (Å²) in [5, 5.41) is 2.86. The molecule has 0 spiro atoms. The lowest BCUT2D eigenvalue weighted by atomic mass is 9.74. The first-order valence-electron chi connectivity index (χ1n) is 7.85. The highest BCUT2D eigenvalue weighted by Crippen LogP contribution is 2.48. The van der Waals surface area contributed by atoms with E-state index in [2.05, 4.69) is 67.1 Å². The van der Waals surface area contributed by atoms with Crippen LogP contribution in [0.15, 0.2) is 60.2 Å². The topological polar surface area (TPSA) is 0 Å². The van der Waals surface area contributed by atoms with Crippen LogP contribution in [0.5, 0.6) is 0 Å². The Kier molecular flexibility index (Phi) is 2.32. The molecule has 101 valence electrons. The number of hydrogen-bond donors (Lipinski definition) is 0. The summed E-state index contributed by atoms with van der Waals surface area (Å²) in [6.07, 6.45) is 9.75. The molecule has 0 bridgehead atoms. The minimum Gasteiger partial charge on any atom is -0.0760 e. The molecule has 5 rings (SSSR count). The smallest absolute Gasteiger partial charge is 0.0167 e. The van der Waals surface area contributed by atoms with Crippen molar-refractivity contribution < 1.29 is 0 Å². The van der Waals surface area contributed by atoms with Gasteiger partial charge in [0.25, 0.3) is 0 Å². The zero-order chi connectivity index (χ0) is 13.8. The lowest BCUT2D eigenvalue weighted by Gasteiger charge is -2.30. The van der Waals surface area contributed by atoms with Crippen LogP contribution in [0.1, 0.15) is 29.9 Å². The van der Waals surface area contributed by atoms with Crippen LogP contribution >= 0.6 is 0 Å². The summed E-state index contributed by atoms with van der Waals surface area (Å²) in [6, 6.07) is 17.7. The third-order valence-electron chi connectivity index (χ3n) is 5.27. The zero-order valence-electron chi connectivity index (χ0n) is 11.9. The van der Waals surface area contributed by atoms with Gasteiger partial charge in [0.15, 0.2) is 0 Å². The average molecular weight is 269 g/mol. The standard InChI is InChI=1S/C21H17/c1-3-7-18-14(5-1)9-10-16-12-21-17(13-20(16)18)11-15-6-2-4-8-19(15)21/h1-9,11,13,16,21H,10,12H2. The Hall–Kier alpha value is -2.08. The van der Waals surface area contributed by atoms with Crippen LogP contribution in [0.2, 0.25) is 0 Å². The van der Waals surface area contributed by atoms with Gasteiger partial charge in [-0.2, -0.15) is 0 Å². The van der Waals surface area contributed by atoms with E-state index >= 15 is 0 Å². The van der Waals surface area contributed by atoms with E-state index < -0.39 is 0 Å². The third-order valence-corrected chi connectivity index (χ3v) is 5.27. The summed E-state index contributed by atoms with van der Waals surface area (Å²) in [4.78, 5) is 0. The van der Waals surface area contributed by atoms with Crippen molar-refractivity contribution in [2.45, 2.75) is 18.8 Å². The van der Waals surface area contributed by atoms with E-state index in [9.17, 15) is 0 Å². The van der Waals surface area contributed by atoms with E-state index in [4.69, 9.17) is 0 Å². The molecule has 2 aromatic carbocycles. The summed E-state index contributed by atoms with van der Waals surface area (Å²) in [7, 11) is 0. The molecule has 0 saturated carbocycles.